The van der Waals surface area contributed by atoms with Crippen LogP contribution in [0.1, 0.15) is 44.1 Å². The second-order valence-electron chi connectivity index (χ2n) is 11.0. The summed E-state index contributed by atoms with van der Waals surface area (Å²) in [4.78, 5) is 18.1. The standard InChI is InChI=1S/C29H34N4O3/c1-19-5-3-4-6-25(19)26-31-28(36-12-11-35-2)32-33(26)24-9-7-23(8-10-24)30-27(34)29-16-20-13-21(17-29)15-22(14-20)18-29/h3-10,20-22H,11-18H2,1-2H3,(H,30,34). The van der Waals surface area contributed by atoms with Crippen molar-refractivity contribution in [3.8, 4) is 23.1 Å². The molecule has 0 radical (unpaired) electrons. The van der Waals surface area contributed by atoms with Gasteiger partial charge in [0.15, 0.2) is 5.82 Å². The molecule has 0 atom stereocenters. The Morgan fingerprint density at radius 1 is 1.00 bits per heavy atom. The average Bonchev–Trinajstić information content (AvgIpc) is 3.28. The van der Waals surface area contributed by atoms with Crippen molar-refractivity contribution in [1.82, 2.24) is 14.8 Å². The highest BCUT2D eigenvalue weighted by Crippen LogP contribution is 2.60. The summed E-state index contributed by atoms with van der Waals surface area (Å²) in [5.74, 6) is 3.17. The number of carbonyl (C=O) groups is 1. The smallest absolute Gasteiger partial charge is 0.336 e. The van der Waals surface area contributed by atoms with E-state index in [1.54, 1.807) is 11.8 Å². The lowest BCUT2D eigenvalue weighted by molar-refractivity contribution is -0.140. The Labute approximate surface area is 212 Å². The SMILES string of the molecule is COCCOc1nc(-c2ccccc2C)n(-c2ccc(NC(=O)C34CC5CC(CC(C5)C3)C4)cc2)n1. The molecule has 0 unspecified atom stereocenters. The minimum atomic E-state index is -0.161. The van der Waals surface area contributed by atoms with Crippen LogP contribution in [0.5, 0.6) is 6.01 Å². The quantitative estimate of drug-likeness (QED) is 0.430. The number of aryl methyl sites for hydroxylation is 1. The number of hydrogen-bond donors (Lipinski definition) is 1. The molecular formula is C29H34N4O3. The Morgan fingerprint density at radius 3 is 2.31 bits per heavy atom. The molecular weight excluding hydrogens is 452 g/mol. The first-order chi connectivity index (χ1) is 17.5. The van der Waals surface area contributed by atoms with Crippen LogP contribution in [0, 0.1) is 30.1 Å². The molecule has 4 aliphatic rings. The van der Waals surface area contributed by atoms with Crippen LogP contribution < -0.4 is 10.1 Å². The molecule has 4 aliphatic carbocycles. The number of amides is 1. The molecule has 1 aromatic heterocycles. The van der Waals surface area contributed by atoms with Gasteiger partial charge in [0.25, 0.3) is 0 Å². The summed E-state index contributed by atoms with van der Waals surface area (Å²) in [6.07, 6.45) is 7.19. The normalized spacial score (nSPS) is 26.2. The largest absolute Gasteiger partial charge is 0.460 e. The number of aromatic nitrogens is 3. The summed E-state index contributed by atoms with van der Waals surface area (Å²) in [5.41, 5.74) is 3.62. The minimum Gasteiger partial charge on any atom is -0.460 e. The number of anilines is 1. The highest BCUT2D eigenvalue weighted by molar-refractivity contribution is 5.95. The molecule has 4 bridgehead atoms. The van der Waals surface area contributed by atoms with E-state index in [9.17, 15) is 4.79 Å². The van der Waals surface area contributed by atoms with Crippen LogP contribution in [0.2, 0.25) is 0 Å². The van der Waals surface area contributed by atoms with E-state index in [2.05, 4.69) is 28.4 Å². The topological polar surface area (TPSA) is 78.3 Å². The van der Waals surface area contributed by atoms with Gasteiger partial charge in [0, 0.05) is 18.4 Å². The molecule has 7 heteroatoms. The minimum absolute atomic E-state index is 0.161. The van der Waals surface area contributed by atoms with Crippen LogP contribution >= 0.6 is 0 Å². The van der Waals surface area contributed by atoms with Gasteiger partial charge >= 0.3 is 6.01 Å². The molecule has 4 fully saturated rings. The molecule has 1 heterocycles. The molecule has 0 aliphatic heterocycles. The lowest BCUT2D eigenvalue weighted by Gasteiger charge is -2.55. The Kier molecular flexibility index (Phi) is 6.04. The third-order valence-corrected chi connectivity index (χ3v) is 8.38. The van der Waals surface area contributed by atoms with Crippen molar-refractivity contribution >= 4 is 11.6 Å². The maximum Gasteiger partial charge on any atom is 0.336 e. The third-order valence-electron chi connectivity index (χ3n) is 8.38. The molecule has 0 saturated heterocycles. The zero-order chi connectivity index (χ0) is 24.7. The second kappa shape index (κ2) is 9.36. The number of methoxy groups -OCH3 is 1. The van der Waals surface area contributed by atoms with Crippen molar-refractivity contribution in [3.05, 3.63) is 54.1 Å². The summed E-state index contributed by atoms with van der Waals surface area (Å²) in [6, 6.07) is 16.3. The zero-order valence-electron chi connectivity index (χ0n) is 21.1. The van der Waals surface area contributed by atoms with Crippen molar-refractivity contribution in [1.29, 1.82) is 0 Å². The Hall–Kier alpha value is -3.19. The van der Waals surface area contributed by atoms with Crippen LogP contribution in [0.4, 0.5) is 5.69 Å². The molecule has 7 rings (SSSR count). The summed E-state index contributed by atoms with van der Waals surface area (Å²) >= 11 is 0. The van der Waals surface area contributed by atoms with Gasteiger partial charge < -0.3 is 14.8 Å². The fraction of sp³-hybridized carbons (Fsp3) is 0.483. The maximum absolute atomic E-state index is 13.5. The second-order valence-corrected chi connectivity index (χ2v) is 11.0. The number of nitrogens with zero attached hydrogens (tertiary/aromatic N) is 3. The average molecular weight is 487 g/mol. The molecule has 2 aromatic carbocycles. The molecule has 188 valence electrons. The fourth-order valence-electron chi connectivity index (χ4n) is 7.09. The number of rotatable bonds is 8. The number of ether oxygens (including phenoxy) is 2. The van der Waals surface area contributed by atoms with Crippen molar-refractivity contribution < 1.29 is 14.3 Å². The maximum atomic E-state index is 13.5. The molecule has 3 aromatic rings. The van der Waals surface area contributed by atoms with Gasteiger partial charge in [0.1, 0.15) is 6.61 Å². The summed E-state index contributed by atoms with van der Waals surface area (Å²) < 4.78 is 12.6. The van der Waals surface area contributed by atoms with Crippen molar-refractivity contribution in [2.75, 3.05) is 25.6 Å². The predicted octanol–water partition coefficient (Wildman–Crippen LogP) is 5.42. The number of nitrogens with one attached hydrogen (secondary N) is 1. The van der Waals surface area contributed by atoms with Gasteiger partial charge in [0.2, 0.25) is 5.91 Å². The number of carbonyl (C=O) groups excluding carboxylic acids is 1. The van der Waals surface area contributed by atoms with E-state index in [0.717, 1.165) is 59.5 Å². The van der Waals surface area contributed by atoms with Crippen LogP contribution in [0.15, 0.2) is 48.5 Å². The Morgan fingerprint density at radius 2 is 1.67 bits per heavy atom. The highest BCUT2D eigenvalue weighted by atomic mass is 16.5. The predicted molar refractivity (Wildman–Crippen MR) is 138 cm³/mol. The van der Waals surface area contributed by atoms with Crippen molar-refractivity contribution in [2.45, 2.75) is 45.4 Å². The molecule has 0 spiro atoms. The highest BCUT2D eigenvalue weighted by Gasteiger charge is 2.54. The molecule has 1 amide bonds. The van der Waals surface area contributed by atoms with Gasteiger partial charge in [-0.1, -0.05) is 24.3 Å². The van der Waals surface area contributed by atoms with E-state index in [1.807, 2.05) is 42.5 Å². The first-order valence-electron chi connectivity index (χ1n) is 13.1. The Balaban J connectivity index is 1.24. The van der Waals surface area contributed by atoms with E-state index < -0.39 is 0 Å². The summed E-state index contributed by atoms with van der Waals surface area (Å²) in [5, 5.41) is 7.88. The fourth-order valence-corrected chi connectivity index (χ4v) is 7.09. The van der Waals surface area contributed by atoms with Gasteiger partial charge in [-0.2, -0.15) is 4.98 Å². The van der Waals surface area contributed by atoms with Gasteiger partial charge in [-0.25, -0.2) is 4.68 Å². The Bertz CT molecular complexity index is 1210. The monoisotopic (exact) mass is 486 g/mol. The number of hydrogen-bond acceptors (Lipinski definition) is 5. The lowest BCUT2D eigenvalue weighted by atomic mass is 9.49. The van der Waals surface area contributed by atoms with Gasteiger partial charge in [-0.05, 0) is 93.0 Å². The first kappa shape index (κ1) is 23.2. The summed E-state index contributed by atoms with van der Waals surface area (Å²) in [7, 11) is 1.64. The van der Waals surface area contributed by atoms with Crippen molar-refractivity contribution in [3.63, 3.8) is 0 Å². The van der Waals surface area contributed by atoms with E-state index >= 15 is 0 Å². The van der Waals surface area contributed by atoms with E-state index in [0.29, 0.717) is 25.0 Å². The molecule has 1 N–H and O–H groups in total. The third kappa shape index (κ3) is 4.30. The molecule has 4 saturated carbocycles. The number of benzene rings is 2. The van der Waals surface area contributed by atoms with Crippen molar-refractivity contribution in [2.24, 2.45) is 23.2 Å². The molecule has 7 nitrogen and oxygen atoms in total. The molecule has 36 heavy (non-hydrogen) atoms. The van der Waals surface area contributed by atoms with Crippen LogP contribution in [0.25, 0.3) is 17.1 Å². The lowest BCUT2D eigenvalue weighted by Crippen LogP contribution is -2.51. The van der Waals surface area contributed by atoms with Crippen LogP contribution in [-0.2, 0) is 9.53 Å². The van der Waals surface area contributed by atoms with Crippen LogP contribution in [-0.4, -0.2) is 41.0 Å². The van der Waals surface area contributed by atoms with E-state index in [-0.39, 0.29) is 11.3 Å². The van der Waals surface area contributed by atoms with Gasteiger partial charge in [-0.15, -0.1) is 5.10 Å². The van der Waals surface area contributed by atoms with Crippen LogP contribution in [0.3, 0.4) is 0 Å². The van der Waals surface area contributed by atoms with E-state index in [1.165, 1.54) is 19.3 Å². The van der Waals surface area contributed by atoms with Gasteiger partial charge in [-0.3, -0.25) is 4.79 Å². The first-order valence-corrected chi connectivity index (χ1v) is 13.1. The zero-order valence-corrected chi connectivity index (χ0v) is 21.1. The van der Waals surface area contributed by atoms with E-state index in [4.69, 9.17) is 9.47 Å². The summed E-state index contributed by atoms with van der Waals surface area (Å²) in [6.45, 7) is 2.90. The van der Waals surface area contributed by atoms with Gasteiger partial charge in [0.05, 0.1) is 17.7 Å².